The first-order valence-electron chi connectivity index (χ1n) is 32.7. The van der Waals surface area contributed by atoms with Crippen LogP contribution in [0.2, 0.25) is 15.1 Å². The fourth-order valence-electron chi connectivity index (χ4n) is 12.3. The fourth-order valence-corrected chi connectivity index (χ4v) is 12.9. The Morgan fingerprint density at radius 1 is 0.619 bits per heavy atom. The van der Waals surface area contributed by atoms with E-state index in [-0.39, 0.29) is 42.8 Å². The Bertz CT molecular complexity index is 4300. The van der Waals surface area contributed by atoms with E-state index in [9.17, 15) is 9.59 Å². The van der Waals surface area contributed by atoms with Gasteiger partial charge in [-0.1, -0.05) is 71.6 Å². The lowest BCUT2D eigenvalue weighted by atomic mass is 9.97. The summed E-state index contributed by atoms with van der Waals surface area (Å²) in [6, 6.07) is 46.5. The first-order chi connectivity index (χ1) is 47.3. The van der Waals surface area contributed by atoms with Gasteiger partial charge in [0.25, 0.3) is 0 Å². The van der Waals surface area contributed by atoms with E-state index >= 15 is 0 Å². The van der Waals surface area contributed by atoms with Crippen molar-refractivity contribution in [2.45, 2.75) is 82.3 Å². The number of allylic oxidation sites excluding steroid dienone is 1. The summed E-state index contributed by atoms with van der Waals surface area (Å²) in [7, 11) is 0. The second-order valence-electron chi connectivity index (χ2n) is 24.5. The van der Waals surface area contributed by atoms with Crippen LogP contribution >= 0.6 is 34.8 Å². The monoisotopic (exact) mass is 1370 g/mol. The zero-order chi connectivity index (χ0) is 66.9. The summed E-state index contributed by atoms with van der Waals surface area (Å²) in [4.78, 5) is 31.4. The van der Waals surface area contributed by atoms with Crippen molar-refractivity contribution in [3.8, 4) is 22.9 Å². The topological polar surface area (TPSA) is 209 Å². The maximum Gasteiger partial charge on any atom is 0.350 e. The van der Waals surface area contributed by atoms with Gasteiger partial charge in [-0.2, -0.15) is 26.6 Å². The third-order valence-corrected chi connectivity index (χ3v) is 19.0. The molecule has 0 radical (unpaired) electrons. The van der Waals surface area contributed by atoms with Crippen LogP contribution in [0.5, 0.6) is 11.5 Å². The van der Waals surface area contributed by atoms with Gasteiger partial charge in [0.15, 0.2) is 5.79 Å². The van der Waals surface area contributed by atoms with Gasteiger partial charge in [-0.15, -0.1) is 0 Å². The number of nitrogens with one attached hydrogen (secondary N) is 2. The van der Waals surface area contributed by atoms with Gasteiger partial charge in [0.2, 0.25) is 5.79 Å². The van der Waals surface area contributed by atoms with Gasteiger partial charge >= 0.3 is 11.4 Å². The normalized spacial score (nSPS) is 19.9. The first kappa shape index (κ1) is 66.5. The summed E-state index contributed by atoms with van der Waals surface area (Å²) in [6.07, 6.45) is 13.7. The van der Waals surface area contributed by atoms with Gasteiger partial charge in [-0.05, 0) is 166 Å². The molecule has 0 bridgehead atoms. The molecule has 6 atom stereocenters. The van der Waals surface area contributed by atoms with Gasteiger partial charge in [0.05, 0.1) is 52.9 Å². The van der Waals surface area contributed by atoms with E-state index in [4.69, 9.17) is 68.6 Å². The van der Waals surface area contributed by atoms with E-state index in [0.29, 0.717) is 72.9 Å². The molecule has 9 aromatic rings. The number of hydrogen-bond acceptors (Lipinski definition) is 17. The molecule has 0 amide bonds. The molecular weight excluding hydrogens is 1300 g/mol. The van der Waals surface area contributed by atoms with Gasteiger partial charge in [-0.3, -0.25) is 0 Å². The molecule has 22 nitrogen and oxygen atoms in total. The zero-order valence-electron chi connectivity index (χ0n) is 54.1. The molecule has 4 aliphatic heterocycles. The van der Waals surface area contributed by atoms with E-state index in [2.05, 4.69) is 65.1 Å². The maximum absolute atomic E-state index is 13.9. The van der Waals surface area contributed by atoms with Crippen molar-refractivity contribution in [1.82, 2.24) is 43.9 Å². The second kappa shape index (κ2) is 30.1. The number of aromatic nitrogens is 8. The lowest BCUT2D eigenvalue weighted by molar-refractivity contribution is -0.178. The average Bonchev–Trinajstić information content (AvgIpc) is 1.71. The number of hydrogen-bond donors (Lipinski definition) is 2. The van der Waals surface area contributed by atoms with Crippen molar-refractivity contribution in [3.63, 3.8) is 0 Å². The molecule has 7 heterocycles. The molecule has 3 saturated heterocycles. The number of piperazine rings is 1. The Balaban J connectivity index is 0.538. The molecule has 25 heteroatoms. The summed E-state index contributed by atoms with van der Waals surface area (Å²) >= 11 is 19.6. The van der Waals surface area contributed by atoms with Crippen molar-refractivity contribution in [2.75, 3.05) is 92.7 Å². The molecule has 97 heavy (non-hydrogen) atoms. The number of ether oxygens (including phenoxy) is 6. The van der Waals surface area contributed by atoms with Crippen LogP contribution in [0.25, 0.3) is 16.8 Å². The molecule has 2 unspecified atom stereocenters. The number of rotatable bonds is 27. The van der Waals surface area contributed by atoms with E-state index in [0.717, 1.165) is 94.7 Å². The zero-order valence-corrected chi connectivity index (χ0v) is 56.3. The quantitative estimate of drug-likeness (QED) is 0.0459. The van der Waals surface area contributed by atoms with Gasteiger partial charge in [0.1, 0.15) is 49.6 Å². The van der Waals surface area contributed by atoms with Crippen LogP contribution in [0.3, 0.4) is 0 Å². The molecule has 0 spiro atoms. The van der Waals surface area contributed by atoms with E-state index in [1.807, 2.05) is 153 Å². The van der Waals surface area contributed by atoms with Crippen LogP contribution in [-0.4, -0.2) is 128 Å². The third kappa shape index (κ3) is 15.5. The summed E-state index contributed by atoms with van der Waals surface area (Å²) in [5.74, 6) is -0.825. The van der Waals surface area contributed by atoms with Crippen molar-refractivity contribution in [3.05, 3.63) is 253 Å². The molecule has 6 aromatic carbocycles. The Morgan fingerprint density at radius 2 is 1.18 bits per heavy atom. The number of nitrogens with zero attached hydrogens (tertiary/aromatic N) is 12. The highest BCUT2D eigenvalue weighted by Gasteiger charge is 2.46. The van der Waals surface area contributed by atoms with Crippen LogP contribution in [0, 0.1) is 0 Å². The lowest BCUT2D eigenvalue weighted by Gasteiger charge is -2.39. The van der Waals surface area contributed by atoms with Crippen molar-refractivity contribution < 1.29 is 28.4 Å². The molecule has 3 fully saturated rings. The third-order valence-electron chi connectivity index (χ3n) is 17.9. The van der Waals surface area contributed by atoms with Crippen LogP contribution < -0.4 is 41.3 Å². The fraction of sp³-hybridized carbons (Fsp3) is 0.333. The molecule has 13 rings (SSSR count). The van der Waals surface area contributed by atoms with Gasteiger partial charge in [0, 0.05) is 104 Å². The minimum atomic E-state index is -1.19. The summed E-state index contributed by atoms with van der Waals surface area (Å²) in [6.45, 7) is 12.4. The molecule has 504 valence electrons. The van der Waals surface area contributed by atoms with E-state index in [1.165, 1.54) is 9.36 Å². The lowest BCUT2D eigenvalue weighted by Crippen LogP contribution is -2.46. The average molecular weight is 1370 g/mol. The Morgan fingerprint density at radius 3 is 1.75 bits per heavy atom. The second-order valence-corrected chi connectivity index (χ2v) is 25.7. The summed E-state index contributed by atoms with van der Waals surface area (Å²) in [5.41, 5.74) is 13.3. The number of benzene rings is 6. The van der Waals surface area contributed by atoms with Crippen molar-refractivity contribution >= 4 is 57.6 Å². The number of anilines is 4. The number of halogens is 3. The largest absolute Gasteiger partial charge is 0.601 e. The molecule has 4 aliphatic rings. The van der Waals surface area contributed by atoms with Gasteiger partial charge < -0.3 is 59.3 Å². The maximum atomic E-state index is 13.9. The minimum Gasteiger partial charge on any atom is -0.601 e. The SMILES string of the molecule is CCC(C)n1ncn(-c2ccc(NCCNc3ccc(OC[C@@H]4CO[C@](CC5=C[N-]N(CCC(C)n6ncn(-c7ccc(N8CCN(c9ccc(OC[C@@H]%10CO[C@](Cc%11ccnnc%11)(c%11ccccc%11Cl)O%10)cc9)CC8)cc7)c6=O)C=C5)(c5ccc(Cl)c(Cl)c5)O4)cc3)cc2)c1=O. The highest BCUT2D eigenvalue weighted by atomic mass is 35.5. The Labute approximate surface area is 577 Å². The molecule has 2 N–H and O–H groups in total. The summed E-state index contributed by atoms with van der Waals surface area (Å²) in [5, 5.41) is 26.9. The minimum absolute atomic E-state index is 0.0353. The van der Waals surface area contributed by atoms with E-state index < -0.39 is 17.7 Å². The van der Waals surface area contributed by atoms with E-state index in [1.54, 1.807) is 46.3 Å². The predicted octanol–water partition coefficient (Wildman–Crippen LogP) is 12.5. The first-order valence-corrected chi connectivity index (χ1v) is 33.8. The van der Waals surface area contributed by atoms with Crippen LogP contribution in [0.15, 0.2) is 204 Å². The summed E-state index contributed by atoms with van der Waals surface area (Å²) < 4.78 is 45.0. The van der Waals surface area contributed by atoms with Crippen LogP contribution in [0.4, 0.5) is 22.7 Å². The molecule has 3 aromatic heterocycles. The highest BCUT2D eigenvalue weighted by molar-refractivity contribution is 6.42. The molecular formula is C72H76Cl3N14O8-. The van der Waals surface area contributed by atoms with Crippen LogP contribution in [0.1, 0.15) is 68.8 Å². The van der Waals surface area contributed by atoms with Crippen LogP contribution in [-0.2, 0) is 36.9 Å². The van der Waals surface area contributed by atoms with Crippen molar-refractivity contribution in [2.24, 2.45) is 0 Å². The Hall–Kier alpha value is -9.13. The smallest absolute Gasteiger partial charge is 0.350 e. The Kier molecular flexibility index (Phi) is 20.6. The predicted molar refractivity (Wildman–Crippen MR) is 376 cm³/mol. The molecule has 0 aliphatic carbocycles. The van der Waals surface area contributed by atoms with Crippen molar-refractivity contribution in [1.29, 1.82) is 0 Å². The molecule has 0 saturated carbocycles. The highest BCUT2D eigenvalue weighted by Crippen LogP contribution is 2.44. The van der Waals surface area contributed by atoms with Gasteiger partial charge in [-0.25, -0.2) is 28.1 Å². The standard InChI is InChI=1S/C72H76Cl3N14O8/c1-4-50(2)88-69(90)86(48-81-88)59-14-10-55(11-15-59)76-31-32-77-56-12-22-61(23-13-56)92-44-63-46-94-71(96-63,54-9-26-67(74)68(75)39-54)40-53-29-34-85(80-43-53)33-28-51(3)89-70(91)87(49-82-89)60-18-16-57(17-19-60)83-35-37-84(38-36-83)58-20-24-62(25-21-58)93-45-64-47-95-72(97-64,41-52-27-30-78-79-42-52)65-7-5-6-8-66(65)73/h5-27,29-30,34,39,42-43,48-51,63-64,76-77H,4,28,31-33,35-38,40-41,44-47H2,1-3H3/q-1/t50?,51?,63-,64-,71+,72+/m1/s1.